The first-order chi connectivity index (χ1) is 18.8. The molecule has 188 valence electrons. The van der Waals surface area contributed by atoms with Crippen LogP contribution in [0.3, 0.4) is 0 Å². The lowest BCUT2D eigenvalue weighted by atomic mass is 9.90. The Morgan fingerprint density at radius 2 is 0.842 bits per heavy atom. The Hall–Kier alpha value is -4.26. The highest BCUT2D eigenvalue weighted by Gasteiger charge is 2.19. The van der Waals surface area contributed by atoms with E-state index in [1.165, 1.54) is 0 Å². The van der Waals surface area contributed by atoms with Crippen LogP contribution in [0.25, 0.3) is 54.7 Å². The predicted octanol–water partition coefficient (Wildman–Crippen LogP) is 6.56. The number of hydrogen-bond donors (Lipinski definition) is 0. The summed E-state index contributed by atoms with van der Waals surface area (Å²) in [4.78, 5) is 10.0. The van der Waals surface area contributed by atoms with Gasteiger partial charge < -0.3 is 18.9 Å². The first-order valence-electron chi connectivity index (χ1n) is 12.9. The molecule has 0 saturated carbocycles. The van der Waals surface area contributed by atoms with E-state index in [9.17, 15) is 0 Å². The molecule has 1 aliphatic rings. The van der Waals surface area contributed by atoms with Gasteiger partial charge in [-0.1, -0.05) is 36.4 Å². The molecule has 6 aromatic rings. The zero-order valence-electron chi connectivity index (χ0n) is 20.9. The van der Waals surface area contributed by atoms with Crippen molar-refractivity contribution in [3.8, 4) is 22.6 Å². The van der Waals surface area contributed by atoms with E-state index in [2.05, 4.69) is 48.5 Å². The predicted molar refractivity (Wildman–Crippen MR) is 150 cm³/mol. The Labute approximate surface area is 219 Å². The van der Waals surface area contributed by atoms with E-state index >= 15 is 0 Å². The minimum Gasteiger partial charge on any atom is -0.491 e. The number of ether oxygens (including phenoxy) is 4. The first-order valence-corrected chi connectivity index (χ1v) is 12.9. The van der Waals surface area contributed by atoms with Crippen LogP contribution in [-0.2, 0) is 9.47 Å². The number of fused-ring (bicyclic) bond motifs is 7. The average Bonchev–Trinajstić information content (AvgIpc) is 2.95. The van der Waals surface area contributed by atoms with Gasteiger partial charge in [0.25, 0.3) is 0 Å². The molecule has 0 amide bonds. The zero-order valence-corrected chi connectivity index (χ0v) is 20.9. The second-order valence-corrected chi connectivity index (χ2v) is 9.29. The van der Waals surface area contributed by atoms with Crippen molar-refractivity contribution in [3.05, 3.63) is 84.9 Å². The Morgan fingerprint density at radius 3 is 1.34 bits per heavy atom. The maximum absolute atomic E-state index is 6.10. The molecule has 6 heteroatoms. The van der Waals surface area contributed by atoms with Crippen LogP contribution >= 0.6 is 0 Å². The summed E-state index contributed by atoms with van der Waals surface area (Å²) in [6.07, 6.45) is 0. The van der Waals surface area contributed by atoms with Gasteiger partial charge in [-0.25, -0.2) is 9.97 Å². The molecule has 7 rings (SSSR count). The van der Waals surface area contributed by atoms with E-state index in [4.69, 9.17) is 28.9 Å². The lowest BCUT2D eigenvalue weighted by molar-refractivity contribution is 0.0274. The van der Waals surface area contributed by atoms with E-state index < -0.39 is 0 Å². The minimum atomic E-state index is 0.454. The van der Waals surface area contributed by atoms with E-state index in [1.807, 2.05) is 36.4 Å². The summed E-state index contributed by atoms with van der Waals surface area (Å²) in [5, 5.41) is 4.21. The summed E-state index contributed by atoms with van der Waals surface area (Å²) in [7, 11) is 0. The van der Waals surface area contributed by atoms with Gasteiger partial charge in [-0.15, -0.1) is 0 Å². The molecule has 4 aromatic carbocycles. The minimum absolute atomic E-state index is 0.454. The van der Waals surface area contributed by atoms with E-state index in [0.717, 1.165) is 66.2 Å². The summed E-state index contributed by atoms with van der Waals surface area (Å²) < 4.78 is 23.6. The van der Waals surface area contributed by atoms with Gasteiger partial charge in [-0.2, -0.15) is 0 Å². The van der Waals surface area contributed by atoms with E-state index in [0.29, 0.717) is 39.6 Å². The van der Waals surface area contributed by atoms with Crippen molar-refractivity contribution >= 4 is 43.6 Å². The van der Waals surface area contributed by atoms with E-state index in [-0.39, 0.29) is 0 Å². The largest absolute Gasteiger partial charge is 0.491 e. The van der Waals surface area contributed by atoms with Crippen molar-refractivity contribution in [1.82, 2.24) is 9.97 Å². The number of aromatic nitrogens is 2. The maximum Gasteiger partial charge on any atom is 0.120 e. The second kappa shape index (κ2) is 9.89. The van der Waals surface area contributed by atoms with Gasteiger partial charge in [-0.3, -0.25) is 0 Å². The fraction of sp³-hybridized carbons (Fsp3) is 0.188. The van der Waals surface area contributed by atoms with Crippen LogP contribution in [0, 0.1) is 0 Å². The molecular weight excluding hydrogens is 476 g/mol. The fourth-order valence-electron chi connectivity index (χ4n) is 5.22. The lowest BCUT2D eigenvalue weighted by Crippen LogP contribution is -2.13. The van der Waals surface area contributed by atoms with Crippen molar-refractivity contribution in [2.75, 3.05) is 39.6 Å². The number of para-hydroxylation sites is 2. The standard InChI is InChI=1S/C32H26N2O4/c1-3-7-27-23(5-1)31-25-19-21(9-11-29(25)33-27)37-17-15-35-13-14-36-16-18-38-22-10-12-30-26(20-22)32(31)24-6-2-4-8-28(24)34-30/h1-12,19-20H,13-18H2. The van der Waals surface area contributed by atoms with Crippen molar-refractivity contribution in [3.63, 3.8) is 0 Å². The molecule has 0 radical (unpaired) electrons. The first kappa shape index (κ1) is 22.9. The van der Waals surface area contributed by atoms with Crippen molar-refractivity contribution < 1.29 is 18.9 Å². The molecule has 0 spiro atoms. The maximum atomic E-state index is 6.10. The third-order valence-electron chi connectivity index (χ3n) is 6.92. The molecule has 0 N–H and O–H groups in total. The van der Waals surface area contributed by atoms with Gasteiger partial charge in [0.2, 0.25) is 0 Å². The molecule has 0 fully saturated rings. The molecule has 38 heavy (non-hydrogen) atoms. The zero-order chi connectivity index (χ0) is 25.3. The van der Waals surface area contributed by atoms with Gasteiger partial charge in [0.15, 0.2) is 0 Å². The Kier molecular flexibility index (Phi) is 5.96. The number of rotatable bonds is 0. The average molecular weight is 503 g/mol. The van der Waals surface area contributed by atoms with Gasteiger partial charge in [0, 0.05) is 32.7 Å². The van der Waals surface area contributed by atoms with Gasteiger partial charge in [-0.05, 0) is 48.5 Å². The summed E-state index contributed by atoms with van der Waals surface area (Å²) >= 11 is 0. The van der Waals surface area contributed by atoms with Crippen molar-refractivity contribution in [2.24, 2.45) is 0 Å². The van der Waals surface area contributed by atoms with Gasteiger partial charge in [0.1, 0.15) is 24.7 Å². The van der Waals surface area contributed by atoms with Crippen LogP contribution in [-0.4, -0.2) is 49.6 Å². The Balaban J connectivity index is 1.58. The monoisotopic (exact) mass is 502 g/mol. The highest BCUT2D eigenvalue weighted by Crippen LogP contribution is 2.43. The summed E-state index contributed by atoms with van der Waals surface area (Å²) in [6, 6.07) is 28.8. The van der Waals surface area contributed by atoms with Crippen molar-refractivity contribution in [2.45, 2.75) is 0 Å². The summed E-state index contributed by atoms with van der Waals surface area (Å²) in [6.45, 7) is 2.91. The smallest absolute Gasteiger partial charge is 0.120 e. The highest BCUT2D eigenvalue weighted by molar-refractivity contribution is 6.20. The van der Waals surface area contributed by atoms with Crippen LogP contribution < -0.4 is 9.47 Å². The molecule has 4 bridgehead atoms. The Bertz CT molecular complexity index is 1670. The fourth-order valence-corrected chi connectivity index (χ4v) is 5.22. The van der Waals surface area contributed by atoms with Crippen LogP contribution in [0.5, 0.6) is 11.5 Å². The molecule has 0 saturated heterocycles. The topological polar surface area (TPSA) is 62.7 Å². The SMILES string of the molecule is c1ccc2c3c4cc(ccc4nc2c1)OCCOCCOCCOc1ccc2nc4ccccc4c-3c2c1. The molecule has 1 aliphatic heterocycles. The lowest BCUT2D eigenvalue weighted by Gasteiger charge is -2.18. The molecule has 3 heterocycles. The molecule has 6 nitrogen and oxygen atoms in total. The molecule has 0 unspecified atom stereocenters. The van der Waals surface area contributed by atoms with Crippen molar-refractivity contribution in [1.29, 1.82) is 0 Å². The third-order valence-corrected chi connectivity index (χ3v) is 6.92. The number of hydrogen-bond acceptors (Lipinski definition) is 6. The number of pyridine rings is 2. The third kappa shape index (κ3) is 4.18. The van der Waals surface area contributed by atoms with Gasteiger partial charge in [0.05, 0.1) is 48.5 Å². The Morgan fingerprint density at radius 1 is 0.421 bits per heavy atom. The van der Waals surface area contributed by atoms with Crippen LogP contribution in [0.15, 0.2) is 84.9 Å². The van der Waals surface area contributed by atoms with Crippen LogP contribution in [0.1, 0.15) is 0 Å². The molecule has 2 aromatic heterocycles. The van der Waals surface area contributed by atoms with Crippen LogP contribution in [0.4, 0.5) is 0 Å². The van der Waals surface area contributed by atoms with Gasteiger partial charge >= 0.3 is 0 Å². The van der Waals surface area contributed by atoms with E-state index in [1.54, 1.807) is 0 Å². The quantitative estimate of drug-likeness (QED) is 0.219. The normalized spacial score (nSPS) is 14.9. The summed E-state index contributed by atoms with van der Waals surface area (Å²) in [5.74, 6) is 1.56. The summed E-state index contributed by atoms with van der Waals surface area (Å²) in [5.41, 5.74) is 5.93. The number of nitrogens with zero attached hydrogens (tertiary/aromatic N) is 2. The molecular formula is C32H26N2O4. The second-order valence-electron chi connectivity index (χ2n) is 9.29. The molecule has 0 aliphatic carbocycles. The van der Waals surface area contributed by atoms with Crippen LogP contribution in [0.2, 0.25) is 0 Å². The highest BCUT2D eigenvalue weighted by atomic mass is 16.6. The molecule has 0 atom stereocenters. The number of benzene rings is 4.